The van der Waals surface area contributed by atoms with Crippen molar-refractivity contribution in [1.82, 2.24) is 0 Å². The van der Waals surface area contributed by atoms with Crippen molar-refractivity contribution in [2.75, 3.05) is 13.7 Å². The van der Waals surface area contributed by atoms with E-state index in [1.807, 2.05) is 6.92 Å². The van der Waals surface area contributed by atoms with Crippen LogP contribution >= 0.6 is 11.6 Å². The quantitative estimate of drug-likeness (QED) is 0.641. The highest BCUT2D eigenvalue weighted by Crippen LogP contribution is 2.36. The molecule has 0 aliphatic carbocycles. The van der Waals surface area contributed by atoms with Crippen LogP contribution in [0.4, 0.5) is 0 Å². The molecule has 0 saturated heterocycles. The van der Waals surface area contributed by atoms with Gasteiger partial charge in [0.15, 0.2) is 11.5 Å². The first kappa shape index (κ1) is 15.0. The molecule has 0 atom stereocenters. The van der Waals surface area contributed by atoms with Crippen LogP contribution in [0.2, 0.25) is 5.02 Å². The molecule has 1 N–H and O–H groups in total. The maximum Gasteiger partial charge on any atom is 0.376 e. The Labute approximate surface area is 115 Å². The van der Waals surface area contributed by atoms with Crippen LogP contribution in [0, 0.1) is 0 Å². The molecule has 1 rings (SSSR count). The van der Waals surface area contributed by atoms with Crippen molar-refractivity contribution in [3.63, 3.8) is 0 Å². The van der Waals surface area contributed by atoms with Crippen molar-refractivity contribution in [1.29, 1.82) is 0 Å². The van der Waals surface area contributed by atoms with E-state index in [2.05, 4.69) is 0 Å². The molecule has 1 aromatic rings. The summed E-state index contributed by atoms with van der Waals surface area (Å²) in [4.78, 5) is 21.3. The lowest BCUT2D eigenvalue weighted by atomic mass is 10.1. The fourth-order valence-electron chi connectivity index (χ4n) is 1.39. The average molecular weight is 285 g/mol. The van der Waals surface area contributed by atoms with Crippen molar-refractivity contribution in [3.05, 3.63) is 28.8 Å². The number of carbonyl (C=O) groups is 2. The van der Waals surface area contributed by atoms with Crippen LogP contribution in [0.3, 0.4) is 0 Å². The third-order valence-corrected chi connectivity index (χ3v) is 2.45. The molecule has 0 aliphatic heterocycles. The summed E-state index contributed by atoms with van der Waals surface area (Å²) in [6, 6.07) is 3.16. The number of rotatable bonds is 6. The molecule has 0 aromatic heterocycles. The molecule has 0 amide bonds. The van der Waals surface area contributed by atoms with Crippen molar-refractivity contribution in [2.45, 2.75) is 6.92 Å². The molecule has 102 valence electrons. The van der Waals surface area contributed by atoms with E-state index in [1.54, 1.807) is 12.1 Å². The van der Waals surface area contributed by atoms with E-state index in [1.165, 1.54) is 13.2 Å². The molecule has 0 aliphatic rings. The number of hydrogen-bond acceptors (Lipinski definition) is 4. The van der Waals surface area contributed by atoms with Crippen LogP contribution in [-0.4, -0.2) is 30.6 Å². The number of halogens is 1. The molecule has 1 aromatic carbocycles. The lowest BCUT2D eigenvalue weighted by molar-refractivity contribution is -0.146. The minimum absolute atomic E-state index is 0.316. The monoisotopic (exact) mass is 284 g/mol. The van der Waals surface area contributed by atoms with Gasteiger partial charge in [-0.1, -0.05) is 17.7 Å². The number of methoxy groups -OCH3 is 1. The Morgan fingerprint density at radius 3 is 2.63 bits per heavy atom. The Morgan fingerprint density at radius 2 is 2.11 bits per heavy atom. The van der Waals surface area contributed by atoms with Gasteiger partial charge in [-0.25, -0.2) is 4.79 Å². The normalized spacial score (nSPS) is 10.5. The van der Waals surface area contributed by atoms with Gasteiger partial charge in [-0.2, -0.15) is 0 Å². The summed E-state index contributed by atoms with van der Waals surface area (Å²) in [5.41, 5.74) is 0.545. The summed E-state index contributed by atoms with van der Waals surface area (Å²) in [5.74, 6) is -1.70. The van der Waals surface area contributed by atoms with Crippen molar-refractivity contribution in [2.24, 2.45) is 0 Å². The van der Waals surface area contributed by atoms with Gasteiger partial charge in [0, 0.05) is 0 Å². The second kappa shape index (κ2) is 6.80. The molecule has 0 bridgehead atoms. The zero-order valence-corrected chi connectivity index (χ0v) is 11.2. The summed E-state index contributed by atoms with van der Waals surface area (Å²) < 4.78 is 10.5. The Morgan fingerprint density at radius 1 is 1.42 bits per heavy atom. The standard InChI is InChI=1S/C13H13ClO5/c1-3-19-11-7-8(4-5-10(15)13(16)17)6-9(14)12(11)18-2/h4-7H,3H2,1-2H3,(H,16,17)/b5-4+. The van der Waals surface area contributed by atoms with Gasteiger partial charge in [0.05, 0.1) is 18.7 Å². The number of carbonyl (C=O) groups excluding carboxylic acids is 1. The van der Waals surface area contributed by atoms with E-state index in [9.17, 15) is 9.59 Å². The van der Waals surface area contributed by atoms with E-state index < -0.39 is 11.8 Å². The molecule has 5 nitrogen and oxygen atoms in total. The second-order valence-corrected chi connectivity index (χ2v) is 3.88. The van der Waals surface area contributed by atoms with Crippen molar-refractivity contribution < 1.29 is 24.2 Å². The van der Waals surface area contributed by atoms with Gasteiger partial charge >= 0.3 is 5.97 Å². The molecule has 0 heterocycles. The maximum absolute atomic E-state index is 11.0. The molecule has 0 fully saturated rings. The fourth-order valence-corrected chi connectivity index (χ4v) is 1.68. The van der Waals surface area contributed by atoms with Gasteiger partial charge in [-0.15, -0.1) is 0 Å². The van der Waals surface area contributed by atoms with Gasteiger partial charge in [0.1, 0.15) is 0 Å². The molecule has 0 saturated carbocycles. The molecule has 0 radical (unpaired) electrons. The lowest BCUT2D eigenvalue weighted by Crippen LogP contribution is -2.08. The highest BCUT2D eigenvalue weighted by atomic mass is 35.5. The van der Waals surface area contributed by atoms with Crippen LogP contribution in [0.25, 0.3) is 6.08 Å². The predicted molar refractivity (Wildman–Crippen MR) is 70.8 cm³/mol. The van der Waals surface area contributed by atoms with Crippen molar-refractivity contribution >= 4 is 29.4 Å². The molecule has 0 unspecified atom stereocenters. The van der Waals surface area contributed by atoms with Gasteiger partial charge in [-0.3, -0.25) is 4.79 Å². The third-order valence-electron chi connectivity index (χ3n) is 2.17. The topological polar surface area (TPSA) is 72.8 Å². The van der Waals surface area contributed by atoms with Crippen LogP contribution in [0.1, 0.15) is 12.5 Å². The molecular weight excluding hydrogens is 272 g/mol. The zero-order valence-electron chi connectivity index (χ0n) is 10.5. The number of carboxylic acid groups (broad SMARTS) is 1. The SMILES string of the molecule is CCOc1cc(/C=C/C(=O)C(=O)O)cc(Cl)c1OC. The smallest absolute Gasteiger partial charge is 0.376 e. The number of ketones is 1. The zero-order chi connectivity index (χ0) is 14.4. The van der Waals surface area contributed by atoms with Crippen LogP contribution in [0.5, 0.6) is 11.5 Å². The first-order valence-corrected chi connectivity index (χ1v) is 5.83. The van der Waals surface area contributed by atoms with E-state index in [-0.39, 0.29) is 0 Å². The Bertz CT molecular complexity index is 522. The summed E-state index contributed by atoms with van der Waals surface area (Å²) in [7, 11) is 1.47. The summed E-state index contributed by atoms with van der Waals surface area (Å²) in [5, 5.41) is 8.78. The first-order valence-electron chi connectivity index (χ1n) is 5.45. The minimum atomic E-state index is -1.51. The lowest BCUT2D eigenvalue weighted by Gasteiger charge is -2.11. The number of benzene rings is 1. The molecule has 6 heteroatoms. The summed E-state index contributed by atoms with van der Waals surface area (Å²) in [6.07, 6.45) is 2.31. The largest absolute Gasteiger partial charge is 0.491 e. The van der Waals surface area contributed by atoms with Crippen LogP contribution in [-0.2, 0) is 9.59 Å². The van der Waals surface area contributed by atoms with Crippen LogP contribution < -0.4 is 9.47 Å². The second-order valence-electron chi connectivity index (χ2n) is 3.47. The Balaban J connectivity index is 3.10. The van der Waals surface area contributed by atoms with Gasteiger partial charge in [0.2, 0.25) is 0 Å². The Kier molecular flexibility index (Phi) is 5.38. The number of hydrogen-bond donors (Lipinski definition) is 1. The van der Waals surface area contributed by atoms with Crippen molar-refractivity contribution in [3.8, 4) is 11.5 Å². The van der Waals surface area contributed by atoms with E-state index in [4.69, 9.17) is 26.2 Å². The summed E-state index contributed by atoms with van der Waals surface area (Å²) >= 11 is 6.01. The highest BCUT2D eigenvalue weighted by Gasteiger charge is 2.11. The third kappa shape index (κ3) is 3.99. The Hall–Kier alpha value is -2.01. The fraction of sp³-hybridized carbons (Fsp3) is 0.231. The molecule has 19 heavy (non-hydrogen) atoms. The van der Waals surface area contributed by atoms with E-state index in [0.29, 0.717) is 28.7 Å². The number of aliphatic carboxylic acids is 1. The average Bonchev–Trinajstić information content (AvgIpc) is 2.36. The number of carboxylic acids is 1. The summed E-state index contributed by atoms with van der Waals surface area (Å²) in [6.45, 7) is 2.23. The maximum atomic E-state index is 11.0. The molecular formula is C13H13ClO5. The predicted octanol–water partition coefficient (Wildman–Crippen LogP) is 2.41. The van der Waals surface area contributed by atoms with Crippen LogP contribution in [0.15, 0.2) is 18.2 Å². The first-order chi connectivity index (χ1) is 8.99. The van der Waals surface area contributed by atoms with Gasteiger partial charge in [0.25, 0.3) is 5.78 Å². The number of ether oxygens (including phenoxy) is 2. The minimum Gasteiger partial charge on any atom is -0.491 e. The van der Waals surface area contributed by atoms with Gasteiger partial charge in [-0.05, 0) is 30.7 Å². The highest BCUT2D eigenvalue weighted by molar-refractivity contribution is 6.38. The van der Waals surface area contributed by atoms with E-state index in [0.717, 1.165) is 6.08 Å². The molecule has 0 spiro atoms. The van der Waals surface area contributed by atoms with Gasteiger partial charge < -0.3 is 14.6 Å². The van der Waals surface area contributed by atoms with E-state index >= 15 is 0 Å².